The standard InChI is InChI=1S/C24H31BrN2O4S2/c1-18(2)24(27-33(30,31)23-14-10-20(4)11-15-23)17-21(25)7-5-6-16-26-32(28,29)22-12-8-19(3)9-13-22/h8-15,18,21,24,26-27H,6,16-17H2,1-4H3/t21-,24+/m0/s1. The number of benzene rings is 2. The van der Waals surface area contributed by atoms with Crippen molar-refractivity contribution in [3.63, 3.8) is 0 Å². The number of hydrogen-bond acceptors (Lipinski definition) is 4. The van der Waals surface area contributed by atoms with Crippen LogP contribution in [-0.4, -0.2) is 34.2 Å². The largest absolute Gasteiger partial charge is 0.240 e. The first-order valence-electron chi connectivity index (χ1n) is 10.7. The summed E-state index contributed by atoms with van der Waals surface area (Å²) >= 11 is 3.51. The summed E-state index contributed by atoms with van der Waals surface area (Å²) in [6, 6.07) is 13.1. The van der Waals surface area contributed by atoms with E-state index in [0.717, 1.165) is 11.1 Å². The van der Waals surface area contributed by atoms with Crippen LogP contribution in [0.25, 0.3) is 0 Å². The highest BCUT2D eigenvalue weighted by molar-refractivity contribution is 9.09. The summed E-state index contributed by atoms with van der Waals surface area (Å²) in [5, 5.41) is 0. The molecule has 0 aromatic heterocycles. The average molecular weight is 556 g/mol. The molecule has 2 aromatic carbocycles. The van der Waals surface area contributed by atoms with Gasteiger partial charge in [0.05, 0.1) is 14.6 Å². The number of sulfonamides is 2. The van der Waals surface area contributed by atoms with Crippen LogP contribution in [0, 0.1) is 31.6 Å². The van der Waals surface area contributed by atoms with E-state index in [9.17, 15) is 16.8 Å². The van der Waals surface area contributed by atoms with Gasteiger partial charge in [0.1, 0.15) is 0 Å². The third-order valence-corrected chi connectivity index (χ3v) is 8.62. The maximum absolute atomic E-state index is 12.7. The molecule has 2 rings (SSSR count). The van der Waals surface area contributed by atoms with E-state index in [1.807, 2.05) is 27.7 Å². The van der Waals surface area contributed by atoms with Crippen LogP contribution < -0.4 is 9.44 Å². The van der Waals surface area contributed by atoms with Crippen molar-refractivity contribution in [1.82, 2.24) is 9.44 Å². The maximum Gasteiger partial charge on any atom is 0.240 e. The molecular formula is C24H31BrN2O4S2. The van der Waals surface area contributed by atoms with Gasteiger partial charge in [-0.3, -0.25) is 0 Å². The Morgan fingerprint density at radius 1 is 0.848 bits per heavy atom. The van der Waals surface area contributed by atoms with Crippen molar-refractivity contribution in [1.29, 1.82) is 0 Å². The molecule has 0 bridgehead atoms. The summed E-state index contributed by atoms with van der Waals surface area (Å²) in [4.78, 5) is 0.219. The molecule has 180 valence electrons. The fraction of sp³-hybridized carbons (Fsp3) is 0.417. The molecule has 0 radical (unpaired) electrons. The molecule has 0 aliphatic rings. The highest BCUT2D eigenvalue weighted by atomic mass is 79.9. The first-order valence-corrected chi connectivity index (χ1v) is 14.6. The molecule has 0 spiro atoms. The summed E-state index contributed by atoms with van der Waals surface area (Å²) in [6.07, 6.45) is 0.819. The van der Waals surface area contributed by atoms with E-state index in [2.05, 4.69) is 37.2 Å². The minimum Gasteiger partial charge on any atom is -0.210 e. The summed E-state index contributed by atoms with van der Waals surface area (Å²) in [6.45, 7) is 7.90. The van der Waals surface area contributed by atoms with Crippen LogP contribution in [0.15, 0.2) is 58.3 Å². The Kier molecular flexibility index (Phi) is 10.1. The fourth-order valence-electron chi connectivity index (χ4n) is 2.95. The number of nitrogens with one attached hydrogen (secondary N) is 2. The quantitative estimate of drug-likeness (QED) is 0.262. The van der Waals surface area contributed by atoms with Gasteiger partial charge in [0.15, 0.2) is 0 Å². The first-order chi connectivity index (χ1) is 15.4. The zero-order valence-electron chi connectivity index (χ0n) is 19.3. The molecule has 6 nitrogen and oxygen atoms in total. The van der Waals surface area contributed by atoms with E-state index in [0.29, 0.717) is 12.8 Å². The van der Waals surface area contributed by atoms with Crippen molar-refractivity contribution in [3.8, 4) is 11.8 Å². The van der Waals surface area contributed by atoms with Crippen molar-refractivity contribution in [2.24, 2.45) is 5.92 Å². The van der Waals surface area contributed by atoms with Gasteiger partial charge in [0.2, 0.25) is 20.0 Å². The molecular weight excluding hydrogens is 524 g/mol. The SMILES string of the molecule is Cc1ccc(S(=O)(=O)NCCC#C[C@H](Br)C[C@@H](NS(=O)(=O)c2ccc(C)cc2)C(C)C)cc1. The molecule has 33 heavy (non-hydrogen) atoms. The van der Waals surface area contributed by atoms with E-state index in [4.69, 9.17) is 0 Å². The summed E-state index contributed by atoms with van der Waals surface area (Å²) < 4.78 is 55.4. The topological polar surface area (TPSA) is 92.3 Å². The minimum absolute atomic E-state index is 0.0633. The molecule has 2 N–H and O–H groups in total. The summed E-state index contributed by atoms with van der Waals surface area (Å²) in [5.74, 6) is 6.06. The Labute approximate surface area is 206 Å². The minimum atomic E-state index is -3.64. The lowest BCUT2D eigenvalue weighted by Crippen LogP contribution is -2.39. The highest BCUT2D eigenvalue weighted by Gasteiger charge is 2.24. The van der Waals surface area contributed by atoms with Gasteiger partial charge >= 0.3 is 0 Å². The van der Waals surface area contributed by atoms with Crippen LogP contribution >= 0.6 is 15.9 Å². The van der Waals surface area contributed by atoms with Gasteiger partial charge in [0, 0.05) is 19.0 Å². The Morgan fingerprint density at radius 3 is 1.82 bits per heavy atom. The van der Waals surface area contributed by atoms with Gasteiger partial charge in [-0.2, -0.15) is 0 Å². The van der Waals surface area contributed by atoms with Crippen molar-refractivity contribution >= 4 is 36.0 Å². The van der Waals surface area contributed by atoms with Crippen LogP contribution in [0.2, 0.25) is 0 Å². The zero-order valence-corrected chi connectivity index (χ0v) is 22.5. The summed E-state index contributed by atoms with van der Waals surface area (Å²) in [5.41, 5.74) is 1.98. The molecule has 2 atom stereocenters. The normalized spacial score (nSPS) is 13.9. The van der Waals surface area contributed by atoms with Crippen molar-refractivity contribution in [2.75, 3.05) is 6.54 Å². The van der Waals surface area contributed by atoms with Crippen LogP contribution in [0.3, 0.4) is 0 Å². The second-order valence-electron chi connectivity index (χ2n) is 8.27. The number of alkyl halides is 1. The Bertz CT molecular complexity index is 1180. The lowest BCUT2D eigenvalue weighted by Gasteiger charge is -2.23. The number of aryl methyl sites for hydroxylation is 2. The lowest BCUT2D eigenvalue weighted by molar-refractivity contribution is 0.432. The van der Waals surface area contributed by atoms with Gasteiger partial charge in [0.25, 0.3) is 0 Å². The van der Waals surface area contributed by atoms with Crippen molar-refractivity contribution in [3.05, 3.63) is 59.7 Å². The fourth-order valence-corrected chi connectivity index (χ4v) is 5.95. The van der Waals surface area contributed by atoms with Crippen LogP contribution in [-0.2, 0) is 20.0 Å². The number of halogens is 1. The number of rotatable bonds is 10. The Morgan fingerprint density at radius 2 is 1.33 bits per heavy atom. The molecule has 0 amide bonds. The van der Waals surface area contributed by atoms with Gasteiger partial charge in [-0.05, 0) is 50.5 Å². The first kappa shape index (κ1) is 27.5. The van der Waals surface area contributed by atoms with E-state index in [1.54, 1.807) is 48.5 Å². The molecule has 0 saturated carbocycles. The van der Waals surface area contributed by atoms with Crippen LogP contribution in [0.5, 0.6) is 0 Å². The third kappa shape index (κ3) is 8.87. The zero-order chi connectivity index (χ0) is 24.6. The smallest absolute Gasteiger partial charge is 0.210 e. The Balaban J connectivity index is 1.90. The molecule has 2 aromatic rings. The predicted molar refractivity (Wildman–Crippen MR) is 136 cm³/mol. The monoisotopic (exact) mass is 554 g/mol. The molecule has 9 heteroatoms. The van der Waals surface area contributed by atoms with Crippen molar-refractivity contribution in [2.45, 2.75) is 61.2 Å². The van der Waals surface area contributed by atoms with E-state index < -0.39 is 20.0 Å². The lowest BCUT2D eigenvalue weighted by atomic mass is 10.0. The summed E-state index contributed by atoms with van der Waals surface area (Å²) in [7, 11) is -7.20. The molecule has 0 aliphatic carbocycles. The van der Waals surface area contributed by atoms with E-state index in [-0.39, 0.29) is 33.1 Å². The van der Waals surface area contributed by atoms with E-state index in [1.165, 1.54) is 0 Å². The third-order valence-electron chi connectivity index (χ3n) is 5.04. The number of hydrogen-bond donors (Lipinski definition) is 2. The highest BCUT2D eigenvalue weighted by Crippen LogP contribution is 2.18. The molecule has 0 fully saturated rings. The Hall–Kier alpha value is -1.70. The molecule has 0 heterocycles. The van der Waals surface area contributed by atoms with Gasteiger partial charge < -0.3 is 0 Å². The van der Waals surface area contributed by atoms with Gasteiger partial charge in [-0.15, -0.1) is 5.92 Å². The predicted octanol–water partition coefficient (Wildman–Crippen LogP) is 4.13. The molecule has 0 saturated heterocycles. The maximum atomic E-state index is 12.7. The van der Waals surface area contributed by atoms with Crippen LogP contribution in [0.4, 0.5) is 0 Å². The van der Waals surface area contributed by atoms with Crippen molar-refractivity contribution < 1.29 is 16.8 Å². The van der Waals surface area contributed by atoms with Gasteiger partial charge in [-0.1, -0.05) is 71.1 Å². The van der Waals surface area contributed by atoms with Gasteiger partial charge in [-0.25, -0.2) is 26.3 Å². The average Bonchev–Trinajstić information content (AvgIpc) is 2.73. The second-order valence-corrected chi connectivity index (χ2v) is 12.9. The molecule has 0 aliphatic heterocycles. The molecule has 0 unspecified atom stereocenters. The van der Waals surface area contributed by atoms with Crippen LogP contribution in [0.1, 0.15) is 37.8 Å². The second kappa shape index (κ2) is 12.1. The van der Waals surface area contributed by atoms with E-state index >= 15 is 0 Å².